The first kappa shape index (κ1) is 9.18. The van der Waals surface area contributed by atoms with Crippen molar-refractivity contribution in [1.82, 2.24) is 0 Å². The van der Waals surface area contributed by atoms with E-state index in [0.29, 0.717) is 0 Å². The molecule has 1 rings (SSSR count). The van der Waals surface area contributed by atoms with Crippen molar-refractivity contribution >= 4 is 12.6 Å². The van der Waals surface area contributed by atoms with E-state index in [0.717, 1.165) is 11.7 Å². The lowest BCUT2D eigenvalue weighted by molar-refractivity contribution is 0.319. The van der Waals surface area contributed by atoms with Crippen molar-refractivity contribution in [3.05, 3.63) is 12.2 Å². The molecule has 0 radical (unpaired) electrons. The quantitative estimate of drug-likeness (QED) is 0.365. The molecule has 1 heteroatoms. The first-order valence-electron chi connectivity index (χ1n) is 4.69. The first-order chi connectivity index (χ1) is 5.43. The van der Waals surface area contributed by atoms with Crippen LogP contribution in [-0.4, -0.2) is 5.75 Å². The second-order valence-electron chi connectivity index (χ2n) is 3.37. The number of hydrogen-bond donors (Lipinski definition) is 1. The third-order valence-electron chi connectivity index (χ3n) is 2.39. The first-order valence-corrected chi connectivity index (χ1v) is 5.32. The monoisotopic (exact) mass is 170 g/mol. The van der Waals surface area contributed by atoms with Gasteiger partial charge in [0.05, 0.1) is 0 Å². The molecule has 11 heavy (non-hydrogen) atoms. The Kier molecular flexibility index (Phi) is 4.76. The molecule has 0 bridgehead atoms. The summed E-state index contributed by atoms with van der Waals surface area (Å²) >= 11 is 4.16. The summed E-state index contributed by atoms with van der Waals surface area (Å²) in [5.41, 5.74) is 0. The molecular weight excluding hydrogens is 152 g/mol. The number of hydrogen-bond acceptors (Lipinski definition) is 1. The molecule has 0 aliphatic heterocycles. The van der Waals surface area contributed by atoms with Crippen LogP contribution in [0.15, 0.2) is 12.2 Å². The van der Waals surface area contributed by atoms with Crippen LogP contribution in [0.1, 0.15) is 38.5 Å². The van der Waals surface area contributed by atoms with Crippen molar-refractivity contribution in [3.8, 4) is 0 Å². The zero-order chi connectivity index (χ0) is 7.94. The van der Waals surface area contributed by atoms with E-state index in [9.17, 15) is 0 Å². The van der Waals surface area contributed by atoms with Crippen LogP contribution >= 0.6 is 12.6 Å². The lowest BCUT2D eigenvalue weighted by Crippen LogP contribution is -2.08. The van der Waals surface area contributed by atoms with Gasteiger partial charge in [-0.2, -0.15) is 12.6 Å². The van der Waals surface area contributed by atoms with Gasteiger partial charge in [0.25, 0.3) is 0 Å². The summed E-state index contributed by atoms with van der Waals surface area (Å²) in [4.78, 5) is 0. The topological polar surface area (TPSA) is 0 Å². The Morgan fingerprint density at radius 3 is 2.64 bits per heavy atom. The highest BCUT2D eigenvalue weighted by atomic mass is 32.1. The van der Waals surface area contributed by atoms with Gasteiger partial charge in [-0.25, -0.2) is 0 Å². The molecule has 0 N–H and O–H groups in total. The van der Waals surface area contributed by atoms with Crippen molar-refractivity contribution in [2.24, 2.45) is 5.92 Å². The van der Waals surface area contributed by atoms with Gasteiger partial charge in [0.15, 0.2) is 0 Å². The molecule has 0 aromatic rings. The van der Waals surface area contributed by atoms with E-state index in [4.69, 9.17) is 0 Å². The van der Waals surface area contributed by atoms with Gasteiger partial charge in [0, 0.05) is 0 Å². The number of thiol groups is 1. The summed E-state index contributed by atoms with van der Waals surface area (Å²) < 4.78 is 0. The molecular formula is C10H18S. The molecule has 64 valence electrons. The number of rotatable bonds is 5. The Bertz CT molecular complexity index is 114. The van der Waals surface area contributed by atoms with Gasteiger partial charge < -0.3 is 0 Å². The summed E-state index contributed by atoms with van der Waals surface area (Å²) in [6.07, 6.45) is 12.8. The average Bonchev–Trinajstić information content (AvgIpc) is 1.93. The summed E-state index contributed by atoms with van der Waals surface area (Å²) in [6.45, 7) is 0. The van der Waals surface area contributed by atoms with Crippen molar-refractivity contribution in [2.45, 2.75) is 38.5 Å². The van der Waals surface area contributed by atoms with Crippen LogP contribution in [0.4, 0.5) is 0 Å². The number of allylic oxidation sites excluding steroid dienone is 2. The number of unbranched alkanes of at least 4 members (excludes halogenated alkanes) is 1. The van der Waals surface area contributed by atoms with Crippen LogP contribution in [0.2, 0.25) is 0 Å². The highest BCUT2D eigenvalue weighted by Crippen LogP contribution is 2.29. The highest BCUT2D eigenvalue weighted by Gasteiger charge is 2.14. The van der Waals surface area contributed by atoms with Crippen LogP contribution < -0.4 is 0 Å². The molecule has 0 atom stereocenters. The van der Waals surface area contributed by atoms with E-state index in [-0.39, 0.29) is 0 Å². The maximum absolute atomic E-state index is 4.16. The zero-order valence-electron chi connectivity index (χ0n) is 7.13. The van der Waals surface area contributed by atoms with Crippen LogP contribution in [-0.2, 0) is 0 Å². The normalized spacial score (nSPS) is 19.0. The standard InChI is InChI=1S/C10H18S/c11-9-4-2-1-3-6-10-7-5-8-10/h1,3,10-11H,2,4-9H2/b3-1+. The minimum Gasteiger partial charge on any atom is -0.179 e. The second kappa shape index (κ2) is 5.70. The zero-order valence-corrected chi connectivity index (χ0v) is 8.02. The SMILES string of the molecule is SCCC/C=C/CC1CCC1. The highest BCUT2D eigenvalue weighted by molar-refractivity contribution is 7.80. The second-order valence-corrected chi connectivity index (χ2v) is 3.82. The predicted molar refractivity (Wildman–Crippen MR) is 54.2 cm³/mol. The molecule has 0 saturated heterocycles. The van der Waals surface area contributed by atoms with Crippen LogP contribution in [0.3, 0.4) is 0 Å². The molecule has 1 saturated carbocycles. The van der Waals surface area contributed by atoms with Crippen molar-refractivity contribution in [3.63, 3.8) is 0 Å². The van der Waals surface area contributed by atoms with Gasteiger partial charge in [-0.15, -0.1) is 0 Å². The Morgan fingerprint density at radius 1 is 1.27 bits per heavy atom. The van der Waals surface area contributed by atoms with E-state index >= 15 is 0 Å². The molecule has 1 aliphatic carbocycles. The van der Waals surface area contributed by atoms with E-state index in [1.165, 1.54) is 38.5 Å². The fourth-order valence-corrected chi connectivity index (χ4v) is 1.53. The van der Waals surface area contributed by atoms with Crippen molar-refractivity contribution in [2.75, 3.05) is 5.75 Å². The van der Waals surface area contributed by atoms with Gasteiger partial charge in [-0.1, -0.05) is 31.4 Å². The predicted octanol–water partition coefficient (Wildman–Crippen LogP) is 3.44. The van der Waals surface area contributed by atoms with Crippen molar-refractivity contribution in [1.29, 1.82) is 0 Å². The lowest BCUT2D eigenvalue weighted by Gasteiger charge is -2.23. The van der Waals surface area contributed by atoms with E-state index in [1.807, 2.05) is 0 Å². The van der Waals surface area contributed by atoms with Gasteiger partial charge in [-0.05, 0) is 30.9 Å². The summed E-state index contributed by atoms with van der Waals surface area (Å²) in [5.74, 6) is 2.05. The molecule has 0 aromatic carbocycles. The van der Waals surface area contributed by atoms with Crippen LogP contribution in [0.5, 0.6) is 0 Å². The smallest absolute Gasteiger partial charge is 0.00950 e. The van der Waals surface area contributed by atoms with Gasteiger partial charge in [-0.3, -0.25) is 0 Å². The third kappa shape index (κ3) is 3.85. The summed E-state index contributed by atoms with van der Waals surface area (Å²) in [6, 6.07) is 0. The van der Waals surface area contributed by atoms with Gasteiger partial charge >= 0.3 is 0 Å². The average molecular weight is 170 g/mol. The third-order valence-corrected chi connectivity index (χ3v) is 2.71. The van der Waals surface area contributed by atoms with Gasteiger partial charge in [0.1, 0.15) is 0 Å². The van der Waals surface area contributed by atoms with Crippen LogP contribution in [0.25, 0.3) is 0 Å². The van der Waals surface area contributed by atoms with Crippen molar-refractivity contribution < 1.29 is 0 Å². The van der Waals surface area contributed by atoms with E-state index < -0.39 is 0 Å². The Labute approximate surface area is 75.5 Å². The molecule has 0 spiro atoms. The van der Waals surface area contributed by atoms with Crippen LogP contribution in [0, 0.1) is 5.92 Å². The van der Waals surface area contributed by atoms with E-state index in [1.54, 1.807) is 0 Å². The van der Waals surface area contributed by atoms with Gasteiger partial charge in [0.2, 0.25) is 0 Å². The minimum atomic E-state index is 1.02. The molecule has 0 heterocycles. The lowest BCUT2D eigenvalue weighted by atomic mass is 9.83. The fourth-order valence-electron chi connectivity index (χ4n) is 1.34. The molecule has 1 fully saturated rings. The maximum atomic E-state index is 4.16. The maximum Gasteiger partial charge on any atom is -0.00950 e. The Balaban J connectivity index is 1.88. The van der Waals surface area contributed by atoms with E-state index in [2.05, 4.69) is 24.8 Å². The molecule has 0 nitrogen and oxygen atoms in total. The molecule has 0 unspecified atom stereocenters. The largest absolute Gasteiger partial charge is 0.179 e. The summed E-state index contributed by atoms with van der Waals surface area (Å²) in [7, 11) is 0. The minimum absolute atomic E-state index is 1.02. The fraction of sp³-hybridized carbons (Fsp3) is 0.800. The molecule has 0 aromatic heterocycles. The Hall–Kier alpha value is 0.0900. The molecule has 1 aliphatic rings. The molecule has 0 amide bonds. The summed E-state index contributed by atoms with van der Waals surface area (Å²) in [5, 5.41) is 0. The Morgan fingerprint density at radius 2 is 2.09 bits per heavy atom.